The maximum absolute atomic E-state index is 13.5. The summed E-state index contributed by atoms with van der Waals surface area (Å²) in [7, 11) is -4.73. The van der Waals surface area contributed by atoms with Crippen molar-refractivity contribution >= 4 is 27.7 Å². The number of rotatable bonds is 6. The predicted octanol–water partition coefficient (Wildman–Crippen LogP) is 2.20. The standard InChI is InChI=1S/C18H18FN3O6S/c1-4-27-22-17(16-14(29(24,25)26)9-20-11(2)21-16)15(18(3,10-23)28-22)12-5-7-13(19)8-6-12/h5-10H,4H2,1-3H3,(H,24,25,26). The molecule has 0 spiro atoms. The molecule has 0 aliphatic carbocycles. The van der Waals surface area contributed by atoms with Crippen molar-refractivity contribution < 1.29 is 31.8 Å². The van der Waals surface area contributed by atoms with Crippen LogP contribution in [0.1, 0.15) is 30.9 Å². The molecule has 29 heavy (non-hydrogen) atoms. The number of aldehydes is 1. The third kappa shape index (κ3) is 3.90. The van der Waals surface area contributed by atoms with Gasteiger partial charge in [-0.15, -0.1) is 5.23 Å². The summed E-state index contributed by atoms with van der Waals surface area (Å²) >= 11 is 0. The molecule has 0 amide bonds. The van der Waals surface area contributed by atoms with Crippen molar-refractivity contribution in [3.63, 3.8) is 0 Å². The Morgan fingerprint density at radius 2 is 2.00 bits per heavy atom. The summed E-state index contributed by atoms with van der Waals surface area (Å²) in [5, 5.41) is 0.879. The second kappa shape index (κ2) is 7.59. The first-order chi connectivity index (χ1) is 13.6. The molecule has 1 aromatic carbocycles. The van der Waals surface area contributed by atoms with Gasteiger partial charge < -0.3 is 0 Å². The molecule has 0 fully saturated rings. The van der Waals surface area contributed by atoms with Crippen LogP contribution >= 0.6 is 0 Å². The molecule has 2 aromatic rings. The van der Waals surface area contributed by atoms with Crippen molar-refractivity contribution in [2.24, 2.45) is 0 Å². The van der Waals surface area contributed by atoms with Crippen LogP contribution in [0, 0.1) is 12.7 Å². The molecule has 1 aliphatic heterocycles. The molecule has 3 rings (SSSR count). The Balaban J connectivity index is 2.43. The van der Waals surface area contributed by atoms with E-state index in [2.05, 4.69) is 9.97 Å². The maximum atomic E-state index is 13.5. The molecule has 1 aliphatic rings. The van der Waals surface area contributed by atoms with Gasteiger partial charge in [0.1, 0.15) is 27.9 Å². The Hall–Kier alpha value is -2.73. The minimum absolute atomic E-state index is 0.0221. The van der Waals surface area contributed by atoms with Crippen molar-refractivity contribution in [2.45, 2.75) is 31.3 Å². The number of aryl methyl sites for hydroxylation is 1. The average Bonchev–Trinajstić information content (AvgIpc) is 2.94. The predicted molar refractivity (Wildman–Crippen MR) is 98.8 cm³/mol. The number of carbonyl (C=O) groups is 1. The van der Waals surface area contributed by atoms with E-state index in [-0.39, 0.29) is 29.4 Å². The summed E-state index contributed by atoms with van der Waals surface area (Å²) in [4.78, 5) is 30.4. The normalized spacial score (nSPS) is 19.7. The first-order valence-electron chi connectivity index (χ1n) is 8.51. The highest BCUT2D eigenvalue weighted by Crippen LogP contribution is 2.45. The van der Waals surface area contributed by atoms with Gasteiger partial charge in [-0.2, -0.15) is 8.42 Å². The third-order valence-corrected chi connectivity index (χ3v) is 5.02. The summed E-state index contributed by atoms with van der Waals surface area (Å²) < 4.78 is 47.0. The fourth-order valence-electron chi connectivity index (χ4n) is 2.94. The van der Waals surface area contributed by atoms with E-state index >= 15 is 0 Å². The molecule has 11 heteroatoms. The minimum Gasteiger partial charge on any atom is -0.300 e. The quantitative estimate of drug-likeness (QED) is 0.551. The first-order valence-corrected chi connectivity index (χ1v) is 9.95. The van der Waals surface area contributed by atoms with Crippen LogP contribution in [-0.2, 0) is 24.6 Å². The van der Waals surface area contributed by atoms with Gasteiger partial charge in [0.15, 0.2) is 11.9 Å². The molecule has 0 saturated heterocycles. The molecular formula is C18H18FN3O6S. The second-order valence-corrected chi connectivity index (χ2v) is 7.72. The van der Waals surface area contributed by atoms with Gasteiger partial charge >= 0.3 is 0 Å². The Kier molecular flexibility index (Phi) is 5.50. The van der Waals surface area contributed by atoms with Crippen LogP contribution in [0.2, 0.25) is 0 Å². The Morgan fingerprint density at radius 1 is 1.34 bits per heavy atom. The molecular weight excluding hydrogens is 405 g/mol. The number of hydrogen-bond acceptors (Lipinski definition) is 8. The van der Waals surface area contributed by atoms with Crippen LogP contribution in [0.25, 0.3) is 11.3 Å². The van der Waals surface area contributed by atoms with Gasteiger partial charge in [0.25, 0.3) is 10.1 Å². The maximum Gasteiger partial charge on any atom is 0.298 e. The van der Waals surface area contributed by atoms with E-state index in [0.29, 0.717) is 11.8 Å². The molecule has 1 atom stereocenters. The van der Waals surface area contributed by atoms with E-state index in [9.17, 15) is 22.2 Å². The summed E-state index contributed by atoms with van der Waals surface area (Å²) in [6, 6.07) is 5.19. The van der Waals surface area contributed by atoms with Gasteiger partial charge in [0.2, 0.25) is 0 Å². The summed E-state index contributed by atoms with van der Waals surface area (Å²) in [6.07, 6.45) is 1.45. The fourth-order valence-corrected chi connectivity index (χ4v) is 3.51. The van der Waals surface area contributed by atoms with Gasteiger partial charge in [0, 0.05) is 5.57 Å². The first kappa shape index (κ1) is 21.0. The van der Waals surface area contributed by atoms with Gasteiger partial charge in [-0.25, -0.2) is 24.0 Å². The van der Waals surface area contributed by atoms with Crippen molar-refractivity contribution in [3.8, 4) is 0 Å². The fraction of sp³-hybridized carbons (Fsp3) is 0.278. The zero-order chi connectivity index (χ0) is 21.4. The van der Waals surface area contributed by atoms with Gasteiger partial charge in [0.05, 0.1) is 12.8 Å². The topological polar surface area (TPSA) is 119 Å². The van der Waals surface area contributed by atoms with Crippen LogP contribution in [-0.4, -0.2) is 46.7 Å². The highest BCUT2D eigenvalue weighted by molar-refractivity contribution is 7.85. The van der Waals surface area contributed by atoms with E-state index < -0.39 is 26.4 Å². The average molecular weight is 423 g/mol. The molecule has 154 valence electrons. The van der Waals surface area contributed by atoms with Crippen LogP contribution in [0.4, 0.5) is 4.39 Å². The lowest BCUT2D eigenvalue weighted by Crippen LogP contribution is -2.32. The van der Waals surface area contributed by atoms with Crippen LogP contribution in [0.15, 0.2) is 35.4 Å². The molecule has 0 bridgehead atoms. The SMILES string of the molecule is CCON1OC(C)(C=O)C(c2ccc(F)cc2)=C1c1nc(C)ncc1S(=O)(=O)O. The van der Waals surface area contributed by atoms with Crippen LogP contribution in [0.5, 0.6) is 0 Å². The molecule has 9 nitrogen and oxygen atoms in total. The Bertz CT molecular complexity index is 1090. The van der Waals surface area contributed by atoms with Crippen LogP contribution < -0.4 is 0 Å². The zero-order valence-electron chi connectivity index (χ0n) is 15.8. The van der Waals surface area contributed by atoms with Gasteiger partial charge in [-0.05, 0) is 38.5 Å². The number of halogens is 1. The van der Waals surface area contributed by atoms with E-state index in [0.717, 1.165) is 11.4 Å². The number of carbonyl (C=O) groups excluding carboxylic acids is 1. The van der Waals surface area contributed by atoms with Crippen LogP contribution in [0.3, 0.4) is 0 Å². The number of benzene rings is 1. The monoisotopic (exact) mass is 423 g/mol. The van der Waals surface area contributed by atoms with Gasteiger partial charge in [-0.3, -0.25) is 9.35 Å². The lowest BCUT2D eigenvalue weighted by atomic mass is 9.89. The number of nitrogens with zero attached hydrogens (tertiary/aromatic N) is 3. The smallest absolute Gasteiger partial charge is 0.298 e. The highest BCUT2D eigenvalue weighted by atomic mass is 32.2. The van der Waals surface area contributed by atoms with Gasteiger partial charge in [-0.1, -0.05) is 12.1 Å². The minimum atomic E-state index is -4.73. The Morgan fingerprint density at radius 3 is 2.55 bits per heavy atom. The third-order valence-electron chi connectivity index (χ3n) is 4.17. The largest absolute Gasteiger partial charge is 0.300 e. The molecule has 2 heterocycles. The second-order valence-electron chi connectivity index (χ2n) is 6.33. The lowest BCUT2D eigenvalue weighted by molar-refractivity contribution is -0.336. The molecule has 0 radical (unpaired) electrons. The summed E-state index contributed by atoms with van der Waals surface area (Å²) in [5.74, 6) is -0.296. The van der Waals surface area contributed by atoms with Crippen molar-refractivity contribution in [1.82, 2.24) is 15.2 Å². The molecule has 1 unspecified atom stereocenters. The van der Waals surface area contributed by atoms with Crippen molar-refractivity contribution in [3.05, 3.63) is 53.4 Å². The number of hydrogen-bond donors (Lipinski definition) is 1. The number of hydroxylamine groups is 2. The van der Waals surface area contributed by atoms with E-state index in [4.69, 9.17) is 9.68 Å². The van der Waals surface area contributed by atoms with E-state index in [1.165, 1.54) is 38.1 Å². The highest BCUT2D eigenvalue weighted by Gasteiger charge is 2.47. The zero-order valence-corrected chi connectivity index (χ0v) is 16.6. The van der Waals surface area contributed by atoms with E-state index in [1.807, 2.05) is 0 Å². The van der Waals surface area contributed by atoms with Crippen molar-refractivity contribution in [1.29, 1.82) is 0 Å². The molecule has 0 saturated carbocycles. The number of aromatic nitrogens is 2. The summed E-state index contributed by atoms with van der Waals surface area (Å²) in [5.41, 5.74) is -1.29. The summed E-state index contributed by atoms with van der Waals surface area (Å²) in [6.45, 7) is 4.73. The molecule has 1 N–H and O–H groups in total. The molecule has 1 aromatic heterocycles. The van der Waals surface area contributed by atoms with Crippen molar-refractivity contribution in [2.75, 3.05) is 6.61 Å². The Labute approximate surface area is 166 Å². The lowest BCUT2D eigenvalue weighted by Gasteiger charge is -2.22. The van der Waals surface area contributed by atoms with E-state index in [1.54, 1.807) is 6.92 Å².